The van der Waals surface area contributed by atoms with Crippen LogP contribution in [0.3, 0.4) is 0 Å². The molecule has 11 nitrogen and oxygen atoms in total. The number of rotatable bonds is 6. The van der Waals surface area contributed by atoms with Gasteiger partial charge in [-0.3, -0.25) is 14.2 Å². The minimum atomic E-state index is -1.16. The Hall–Kier alpha value is -2.34. The van der Waals surface area contributed by atoms with Crippen LogP contribution in [0.25, 0.3) is 11.2 Å². The molecule has 142 valence electrons. The fraction of sp³-hybridized carbons (Fsp3) is 0.600. The summed E-state index contributed by atoms with van der Waals surface area (Å²) in [6.45, 7) is 1.47. The molecule has 2 aromatic heterocycles. The van der Waals surface area contributed by atoms with Crippen molar-refractivity contribution >= 4 is 17.1 Å². The summed E-state index contributed by atoms with van der Waals surface area (Å²) >= 11 is 0. The van der Waals surface area contributed by atoms with Crippen molar-refractivity contribution in [2.75, 3.05) is 6.61 Å². The van der Waals surface area contributed by atoms with E-state index in [-0.39, 0.29) is 11.2 Å². The van der Waals surface area contributed by atoms with E-state index in [1.54, 1.807) is 0 Å². The van der Waals surface area contributed by atoms with Crippen molar-refractivity contribution in [3.8, 4) is 0 Å². The Morgan fingerprint density at radius 3 is 3.00 bits per heavy atom. The normalized spacial score (nSPS) is 26.9. The highest BCUT2D eigenvalue weighted by Crippen LogP contribution is 2.31. The van der Waals surface area contributed by atoms with Crippen molar-refractivity contribution < 1.29 is 19.7 Å². The van der Waals surface area contributed by atoms with E-state index in [9.17, 15) is 19.8 Å². The number of nitrogens with zero attached hydrogens (tertiary/aromatic N) is 3. The number of fused-ring (bicyclic) bond motifs is 1. The summed E-state index contributed by atoms with van der Waals surface area (Å²) in [6.07, 6.45) is 0.820. The van der Waals surface area contributed by atoms with E-state index in [1.807, 2.05) is 6.92 Å². The Morgan fingerprint density at radius 2 is 2.31 bits per heavy atom. The van der Waals surface area contributed by atoms with Gasteiger partial charge < -0.3 is 31.0 Å². The van der Waals surface area contributed by atoms with Crippen molar-refractivity contribution in [1.82, 2.24) is 24.8 Å². The van der Waals surface area contributed by atoms with Crippen LogP contribution >= 0.6 is 0 Å². The molecule has 2 aromatic rings. The van der Waals surface area contributed by atoms with Gasteiger partial charge in [-0.25, -0.2) is 9.97 Å². The highest BCUT2D eigenvalue weighted by molar-refractivity contribution is 5.82. The molecule has 26 heavy (non-hydrogen) atoms. The van der Waals surface area contributed by atoms with Gasteiger partial charge in [0.1, 0.15) is 18.2 Å². The first kappa shape index (κ1) is 18.5. The van der Waals surface area contributed by atoms with Crippen LogP contribution in [-0.2, 0) is 9.53 Å². The number of carbonyl (C=O) groups excluding carboxylic acids is 1. The smallest absolute Gasteiger partial charge is 0.278 e. The summed E-state index contributed by atoms with van der Waals surface area (Å²) in [6, 6.07) is -1.61. The molecule has 6 N–H and O–H groups in total. The van der Waals surface area contributed by atoms with Gasteiger partial charge in [-0.1, -0.05) is 13.3 Å². The molecule has 3 heterocycles. The van der Waals surface area contributed by atoms with E-state index in [2.05, 4.69) is 20.3 Å². The molecule has 1 aliphatic heterocycles. The van der Waals surface area contributed by atoms with Crippen molar-refractivity contribution in [2.24, 2.45) is 5.73 Å². The van der Waals surface area contributed by atoms with Gasteiger partial charge in [0, 0.05) is 0 Å². The highest BCUT2D eigenvalue weighted by Gasteiger charge is 2.46. The van der Waals surface area contributed by atoms with Gasteiger partial charge in [0.2, 0.25) is 5.91 Å². The molecular formula is C15H22N6O5. The van der Waals surface area contributed by atoms with Crippen molar-refractivity contribution in [3.63, 3.8) is 0 Å². The van der Waals surface area contributed by atoms with Gasteiger partial charge in [0.05, 0.1) is 25.3 Å². The second-order valence-corrected chi connectivity index (χ2v) is 6.22. The molecule has 0 spiro atoms. The lowest BCUT2D eigenvalue weighted by atomic mass is 10.1. The maximum atomic E-state index is 12.3. The van der Waals surface area contributed by atoms with E-state index < -0.39 is 48.6 Å². The zero-order chi connectivity index (χ0) is 18.8. The van der Waals surface area contributed by atoms with E-state index >= 15 is 0 Å². The van der Waals surface area contributed by atoms with Crippen molar-refractivity contribution in [1.29, 1.82) is 0 Å². The number of H-pyrrole nitrogens is 1. The summed E-state index contributed by atoms with van der Waals surface area (Å²) in [5.74, 6) is -0.432. The predicted octanol–water partition coefficient (Wildman–Crippen LogP) is -2.02. The average molecular weight is 366 g/mol. The lowest BCUT2D eigenvalue weighted by Crippen LogP contribution is -2.51. The molecule has 1 saturated heterocycles. The van der Waals surface area contributed by atoms with E-state index in [4.69, 9.17) is 10.5 Å². The van der Waals surface area contributed by atoms with Crippen molar-refractivity contribution in [2.45, 2.75) is 50.3 Å². The Labute approximate surface area is 148 Å². The molecule has 5 atom stereocenters. The monoisotopic (exact) mass is 366 g/mol. The number of hydrogen-bond donors (Lipinski definition) is 5. The molecule has 0 saturated carbocycles. The average Bonchev–Trinajstić information content (AvgIpc) is 3.18. The van der Waals surface area contributed by atoms with Crippen LogP contribution in [0.5, 0.6) is 0 Å². The quantitative estimate of drug-likeness (QED) is 0.390. The molecule has 0 radical (unpaired) electrons. The molecule has 0 bridgehead atoms. The van der Waals surface area contributed by atoms with E-state index in [0.29, 0.717) is 6.42 Å². The number of aliphatic hydroxyl groups excluding tert-OH is 2. The third-order valence-electron chi connectivity index (χ3n) is 4.43. The van der Waals surface area contributed by atoms with Crippen LogP contribution in [0.2, 0.25) is 0 Å². The molecule has 3 unspecified atom stereocenters. The zero-order valence-corrected chi connectivity index (χ0v) is 14.2. The molecule has 3 rings (SSSR count). The number of carbonyl (C=O) groups is 1. The van der Waals surface area contributed by atoms with Crippen LogP contribution in [0.15, 0.2) is 17.4 Å². The number of aliphatic hydroxyl groups is 2. The second kappa shape index (κ2) is 7.50. The zero-order valence-electron chi connectivity index (χ0n) is 14.2. The van der Waals surface area contributed by atoms with Crippen LogP contribution < -0.4 is 16.6 Å². The maximum absolute atomic E-state index is 12.3. The summed E-state index contributed by atoms with van der Waals surface area (Å²) in [7, 11) is 0. The SMILES string of the molecule is CCCC(N)C(=O)NC1C(O)[C@@H](CO)O[C@H]1n1cnc2c(=O)[nH]cnc21. The van der Waals surface area contributed by atoms with Gasteiger partial charge >= 0.3 is 0 Å². The van der Waals surface area contributed by atoms with Gasteiger partial charge in [-0.2, -0.15) is 0 Å². The molecule has 1 amide bonds. The van der Waals surface area contributed by atoms with Crippen LogP contribution in [0.1, 0.15) is 26.0 Å². The third-order valence-corrected chi connectivity index (χ3v) is 4.43. The molecule has 0 aliphatic carbocycles. The molecule has 1 fully saturated rings. The number of ether oxygens (including phenoxy) is 1. The summed E-state index contributed by atoms with van der Waals surface area (Å²) in [4.78, 5) is 34.6. The first-order valence-electron chi connectivity index (χ1n) is 8.38. The fourth-order valence-corrected chi connectivity index (χ4v) is 3.05. The van der Waals surface area contributed by atoms with Gasteiger partial charge in [0.15, 0.2) is 17.4 Å². The Morgan fingerprint density at radius 1 is 1.54 bits per heavy atom. The second-order valence-electron chi connectivity index (χ2n) is 6.22. The molecule has 11 heteroatoms. The lowest BCUT2D eigenvalue weighted by Gasteiger charge is -2.24. The largest absolute Gasteiger partial charge is 0.394 e. The number of nitrogens with two attached hydrogens (primary N) is 1. The minimum absolute atomic E-state index is 0.103. The van der Waals surface area contributed by atoms with Gasteiger partial charge in [-0.15, -0.1) is 0 Å². The van der Waals surface area contributed by atoms with Crippen LogP contribution in [0, 0.1) is 0 Å². The van der Waals surface area contributed by atoms with Crippen LogP contribution in [0.4, 0.5) is 0 Å². The van der Waals surface area contributed by atoms with Gasteiger partial charge in [-0.05, 0) is 6.42 Å². The molecule has 1 aliphatic rings. The molecular weight excluding hydrogens is 344 g/mol. The van der Waals surface area contributed by atoms with Crippen molar-refractivity contribution in [3.05, 3.63) is 23.0 Å². The van der Waals surface area contributed by atoms with Gasteiger partial charge in [0.25, 0.3) is 5.56 Å². The maximum Gasteiger partial charge on any atom is 0.278 e. The first-order chi connectivity index (χ1) is 12.5. The predicted molar refractivity (Wildman–Crippen MR) is 90.0 cm³/mol. The third kappa shape index (κ3) is 3.21. The number of hydrogen-bond acceptors (Lipinski definition) is 8. The van der Waals surface area contributed by atoms with E-state index in [1.165, 1.54) is 17.2 Å². The lowest BCUT2D eigenvalue weighted by molar-refractivity contribution is -0.124. The number of aromatic nitrogens is 4. The topological polar surface area (TPSA) is 168 Å². The fourth-order valence-electron chi connectivity index (χ4n) is 3.05. The molecule has 0 aromatic carbocycles. The Bertz CT molecular complexity index is 835. The number of amides is 1. The standard InChI is InChI=1S/C15H22N6O5/c1-2-3-7(16)13(24)20-9-11(23)8(4-22)26-15(9)21-6-19-10-12(21)17-5-18-14(10)25/h5-9,11,15,22-23H,2-4,16H2,1H3,(H,20,24)(H,17,18,25)/t7?,8-,9?,11?,15-/m1/s1. The summed E-state index contributed by atoms with van der Waals surface area (Å²) in [5.41, 5.74) is 5.75. The number of aromatic amines is 1. The highest BCUT2D eigenvalue weighted by atomic mass is 16.5. The Balaban J connectivity index is 1.93. The summed E-state index contributed by atoms with van der Waals surface area (Å²) in [5, 5.41) is 22.6. The van der Waals surface area contributed by atoms with Crippen LogP contribution in [-0.4, -0.2) is 66.5 Å². The Kier molecular flexibility index (Phi) is 5.32. The number of imidazole rings is 1. The number of nitrogens with one attached hydrogen (secondary N) is 2. The minimum Gasteiger partial charge on any atom is -0.394 e. The summed E-state index contributed by atoms with van der Waals surface area (Å²) < 4.78 is 7.13. The van der Waals surface area contributed by atoms with E-state index in [0.717, 1.165) is 6.42 Å². The first-order valence-corrected chi connectivity index (χ1v) is 8.38.